The first-order valence-electron chi connectivity index (χ1n) is 5.95. The minimum Gasteiger partial charge on any atom is -0.380 e. The molecule has 0 aliphatic carbocycles. The van der Waals surface area contributed by atoms with Gasteiger partial charge >= 0.3 is 0 Å². The fourth-order valence-electron chi connectivity index (χ4n) is 1.87. The van der Waals surface area contributed by atoms with E-state index in [1.807, 2.05) is 18.2 Å². The van der Waals surface area contributed by atoms with Crippen molar-refractivity contribution in [3.63, 3.8) is 0 Å². The molecule has 1 aliphatic rings. The fraction of sp³-hybridized carbons (Fsp3) is 0.462. The SMILES string of the molecule is COCc1cccc(CNC(=O)C2CSCN2)c1. The van der Waals surface area contributed by atoms with Crippen LogP contribution in [0.3, 0.4) is 0 Å². The second-order valence-electron chi connectivity index (χ2n) is 4.24. The molecule has 1 aromatic rings. The van der Waals surface area contributed by atoms with Crippen molar-refractivity contribution >= 4 is 17.7 Å². The maximum absolute atomic E-state index is 11.8. The van der Waals surface area contributed by atoms with Crippen LogP contribution >= 0.6 is 11.8 Å². The number of nitrogens with one attached hydrogen (secondary N) is 2. The van der Waals surface area contributed by atoms with E-state index < -0.39 is 0 Å². The summed E-state index contributed by atoms with van der Waals surface area (Å²) in [6.45, 7) is 1.17. The summed E-state index contributed by atoms with van der Waals surface area (Å²) in [5.74, 6) is 1.80. The number of thioether (sulfide) groups is 1. The Labute approximate surface area is 111 Å². The van der Waals surface area contributed by atoms with Gasteiger partial charge in [-0.3, -0.25) is 10.1 Å². The van der Waals surface area contributed by atoms with E-state index in [4.69, 9.17) is 4.74 Å². The second-order valence-corrected chi connectivity index (χ2v) is 5.27. The molecular formula is C13H18N2O2S. The van der Waals surface area contributed by atoms with Crippen molar-refractivity contribution in [3.05, 3.63) is 35.4 Å². The Morgan fingerprint density at radius 3 is 3.11 bits per heavy atom. The van der Waals surface area contributed by atoms with Crippen molar-refractivity contribution in [1.29, 1.82) is 0 Å². The Hall–Kier alpha value is -1.04. The second kappa shape index (κ2) is 6.78. The molecule has 2 N–H and O–H groups in total. The lowest BCUT2D eigenvalue weighted by Crippen LogP contribution is -2.41. The van der Waals surface area contributed by atoms with E-state index >= 15 is 0 Å². The van der Waals surface area contributed by atoms with Gasteiger partial charge in [0.2, 0.25) is 5.91 Å². The average Bonchev–Trinajstić information content (AvgIpc) is 2.91. The molecule has 1 saturated heterocycles. The van der Waals surface area contributed by atoms with E-state index in [0.29, 0.717) is 13.2 Å². The van der Waals surface area contributed by atoms with Gasteiger partial charge in [-0.05, 0) is 11.1 Å². The first-order valence-corrected chi connectivity index (χ1v) is 7.10. The summed E-state index contributed by atoms with van der Waals surface area (Å²) in [6, 6.07) is 8.03. The van der Waals surface area contributed by atoms with Gasteiger partial charge in [0.25, 0.3) is 0 Å². The highest BCUT2D eigenvalue weighted by Crippen LogP contribution is 2.10. The summed E-state index contributed by atoms with van der Waals surface area (Å²) >= 11 is 1.75. The zero-order valence-electron chi connectivity index (χ0n) is 10.4. The van der Waals surface area contributed by atoms with E-state index in [-0.39, 0.29) is 11.9 Å². The lowest BCUT2D eigenvalue weighted by Gasteiger charge is -2.11. The van der Waals surface area contributed by atoms with Gasteiger partial charge in [-0.2, -0.15) is 0 Å². The molecule has 0 spiro atoms. The highest BCUT2D eigenvalue weighted by atomic mass is 32.2. The minimum atomic E-state index is -0.0443. The van der Waals surface area contributed by atoms with Gasteiger partial charge in [0.1, 0.15) is 0 Å². The molecular weight excluding hydrogens is 248 g/mol. The third-order valence-corrected chi connectivity index (χ3v) is 3.74. The van der Waals surface area contributed by atoms with Crippen molar-refractivity contribution in [2.45, 2.75) is 19.2 Å². The molecule has 1 unspecified atom stereocenters. The van der Waals surface area contributed by atoms with Crippen molar-refractivity contribution in [2.24, 2.45) is 0 Å². The summed E-state index contributed by atoms with van der Waals surface area (Å²) in [5.41, 5.74) is 2.22. The number of ether oxygens (including phenoxy) is 1. The molecule has 18 heavy (non-hydrogen) atoms. The van der Waals surface area contributed by atoms with Crippen molar-refractivity contribution in [3.8, 4) is 0 Å². The predicted molar refractivity (Wildman–Crippen MR) is 73.3 cm³/mol. The Bertz CT molecular complexity index is 406. The number of hydrogen-bond acceptors (Lipinski definition) is 4. The van der Waals surface area contributed by atoms with Crippen LogP contribution in [0.1, 0.15) is 11.1 Å². The lowest BCUT2D eigenvalue weighted by atomic mass is 10.1. The third-order valence-electron chi connectivity index (χ3n) is 2.80. The average molecular weight is 266 g/mol. The molecule has 1 heterocycles. The zero-order valence-corrected chi connectivity index (χ0v) is 11.3. The molecule has 1 aromatic carbocycles. The Morgan fingerprint density at radius 1 is 1.56 bits per heavy atom. The number of rotatable bonds is 5. The van der Waals surface area contributed by atoms with E-state index in [1.54, 1.807) is 18.9 Å². The molecule has 5 heteroatoms. The molecule has 1 fully saturated rings. The third kappa shape index (κ3) is 3.73. The summed E-state index contributed by atoms with van der Waals surface area (Å²) in [7, 11) is 1.68. The molecule has 4 nitrogen and oxygen atoms in total. The monoisotopic (exact) mass is 266 g/mol. The summed E-state index contributed by atoms with van der Waals surface area (Å²) < 4.78 is 5.09. The van der Waals surface area contributed by atoms with Gasteiger partial charge in [0, 0.05) is 25.3 Å². The summed E-state index contributed by atoms with van der Waals surface area (Å²) in [5, 5.41) is 6.11. The Balaban J connectivity index is 1.85. The van der Waals surface area contributed by atoms with Crippen LogP contribution in [0.2, 0.25) is 0 Å². The maximum Gasteiger partial charge on any atom is 0.238 e. The van der Waals surface area contributed by atoms with Crippen LogP contribution in [-0.4, -0.2) is 30.7 Å². The molecule has 0 bridgehead atoms. The standard InChI is InChI=1S/C13H18N2O2S/c1-17-7-11-4-2-3-10(5-11)6-14-13(16)12-8-18-9-15-12/h2-5,12,15H,6-9H2,1H3,(H,14,16). The number of carbonyl (C=O) groups excluding carboxylic acids is 1. The van der Waals surface area contributed by atoms with Crippen molar-refractivity contribution in [1.82, 2.24) is 10.6 Å². The number of amides is 1. The number of methoxy groups -OCH3 is 1. The van der Waals surface area contributed by atoms with Crippen LogP contribution in [0.25, 0.3) is 0 Å². The predicted octanol–water partition coefficient (Wildman–Crippen LogP) is 1.11. The Morgan fingerprint density at radius 2 is 2.39 bits per heavy atom. The molecule has 1 amide bonds. The fourth-order valence-corrected chi connectivity index (χ4v) is 2.81. The van der Waals surface area contributed by atoms with E-state index in [0.717, 1.165) is 22.8 Å². The normalized spacial score (nSPS) is 18.8. The Kier molecular flexibility index (Phi) is 5.04. The van der Waals surface area contributed by atoms with Gasteiger partial charge in [-0.25, -0.2) is 0 Å². The summed E-state index contributed by atoms with van der Waals surface area (Å²) in [6.07, 6.45) is 0. The van der Waals surface area contributed by atoms with Crippen molar-refractivity contribution < 1.29 is 9.53 Å². The zero-order chi connectivity index (χ0) is 12.8. The first kappa shape index (κ1) is 13.4. The van der Waals surface area contributed by atoms with Gasteiger partial charge in [0.15, 0.2) is 0 Å². The van der Waals surface area contributed by atoms with Gasteiger partial charge in [-0.15, -0.1) is 11.8 Å². The van der Waals surface area contributed by atoms with Crippen LogP contribution in [0.5, 0.6) is 0 Å². The maximum atomic E-state index is 11.8. The van der Waals surface area contributed by atoms with Crippen LogP contribution in [0.4, 0.5) is 0 Å². The first-order chi connectivity index (χ1) is 8.79. The molecule has 0 saturated carbocycles. The van der Waals surface area contributed by atoms with Gasteiger partial charge < -0.3 is 10.1 Å². The minimum absolute atomic E-state index is 0.0443. The lowest BCUT2D eigenvalue weighted by molar-refractivity contribution is -0.122. The summed E-state index contributed by atoms with van der Waals surface area (Å²) in [4.78, 5) is 11.8. The van der Waals surface area contributed by atoms with E-state index in [1.165, 1.54) is 0 Å². The quantitative estimate of drug-likeness (QED) is 0.838. The van der Waals surface area contributed by atoms with Gasteiger partial charge in [0.05, 0.1) is 12.6 Å². The molecule has 0 radical (unpaired) electrons. The smallest absolute Gasteiger partial charge is 0.238 e. The van der Waals surface area contributed by atoms with Crippen LogP contribution < -0.4 is 10.6 Å². The molecule has 1 aliphatic heterocycles. The molecule has 1 atom stereocenters. The van der Waals surface area contributed by atoms with Gasteiger partial charge in [-0.1, -0.05) is 24.3 Å². The van der Waals surface area contributed by atoms with E-state index in [9.17, 15) is 4.79 Å². The number of benzene rings is 1. The highest BCUT2D eigenvalue weighted by molar-refractivity contribution is 7.99. The van der Waals surface area contributed by atoms with Crippen LogP contribution in [0.15, 0.2) is 24.3 Å². The topological polar surface area (TPSA) is 50.4 Å². The van der Waals surface area contributed by atoms with E-state index in [2.05, 4.69) is 16.7 Å². The molecule has 98 valence electrons. The van der Waals surface area contributed by atoms with Crippen molar-refractivity contribution in [2.75, 3.05) is 18.7 Å². The highest BCUT2D eigenvalue weighted by Gasteiger charge is 2.21. The number of hydrogen-bond donors (Lipinski definition) is 2. The van der Waals surface area contributed by atoms with Crippen LogP contribution in [0, 0.1) is 0 Å². The molecule has 0 aromatic heterocycles. The van der Waals surface area contributed by atoms with Crippen LogP contribution in [-0.2, 0) is 22.7 Å². The largest absolute Gasteiger partial charge is 0.380 e. The number of carbonyl (C=O) groups is 1. The molecule has 2 rings (SSSR count).